The maximum absolute atomic E-state index is 12.3. The third-order valence-corrected chi connectivity index (χ3v) is 4.37. The van der Waals surface area contributed by atoms with Gasteiger partial charge in [-0.1, -0.05) is 19.1 Å². The number of aliphatic hydroxyl groups excluding tert-OH is 1. The Kier molecular flexibility index (Phi) is 5.50. The highest BCUT2D eigenvalue weighted by molar-refractivity contribution is 5.89. The van der Waals surface area contributed by atoms with Gasteiger partial charge in [0.15, 0.2) is 0 Å². The number of aromatic nitrogens is 1. The number of anilines is 1. The summed E-state index contributed by atoms with van der Waals surface area (Å²) in [5.74, 6) is 1.21. The van der Waals surface area contributed by atoms with Crippen LogP contribution in [0.5, 0.6) is 11.6 Å². The molecule has 1 aliphatic heterocycles. The number of nitrogens with zero attached hydrogens (tertiary/aromatic N) is 2. The van der Waals surface area contributed by atoms with E-state index in [1.165, 1.54) is 5.56 Å². The highest BCUT2D eigenvalue weighted by Crippen LogP contribution is 2.22. The highest BCUT2D eigenvalue weighted by atomic mass is 16.5. The molecule has 0 bridgehead atoms. The molecule has 6 heteroatoms. The van der Waals surface area contributed by atoms with Crippen molar-refractivity contribution in [2.24, 2.45) is 0 Å². The predicted molar refractivity (Wildman–Crippen MR) is 96.0 cm³/mol. The highest BCUT2D eigenvalue weighted by Gasteiger charge is 2.28. The third-order valence-electron chi connectivity index (χ3n) is 4.37. The summed E-state index contributed by atoms with van der Waals surface area (Å²) in [4.78, 5) is 18.2. The molecule has 1 aliphatic rings. The smallest absolute Gasteiger partial charge is 0.322 e. The zero-order chi connectivity index (χ0) is 17.6. The van der Waals surface area contributed by atoms with Gasteiger partial charge in [0.05, 0.1) is 24.5 Å². The molecule has 2 heterocycles. The zero-order valence-electron chi connectivity index (χ0n) is 14.3. The van der Waals surface area contributed by atoms with Gasteiger partial charge in [-0.2, -0.15) is 0 Å². The van der Waals surface area contributed by atoms with Crippen LogP contribution in [0, 0.1) is 0 Å². The van der Waals surface area contributed by atoms with Crippen LogP contribution in [0.1, 0.15) is 25.3 Å². The molecule has 1 fully saturated rings. The number of hydrogen-bond donors (Lipinski definition) is 2. The molecule has 2 aromatic rings. The molecule has 0 saturated carbocycles. The molecule has 2 amide bonds. The number of likely N-dealkylation sites (tertiary alicyclic amines) is 1. The largest absolute Gasteiger partial charge is 0.439 e. The van der Waals surface area contributed by atoms with E-state index < -0.39 is 0 Å². The van der Waals surface area contributed by atoms with E-state index in [4.69, 9.17) is 4.74 Å². The SMILES string of the molecule is CCc1cccc(Oc2ccc(NC(=O)N3CCC[C@@H]3CO)cn2)c1. The molecule has 2 N–H and O–H groups in total. The van der Waals surface area contributed by atoms with Crippen LogP contribution in [-0.4, -0.2) is 40.2 Å². The molecule has 25 heavy (non-hydrogen) atoms. The number of aliphatic hydroxyl groups is 1. The molecular weight excluding hydrogens is 318 g/mol. The average molecular weight is 341 g/mol. The van der Waals surface area contributed by atoms with Crippen molar-refractivity contribution in [3.8, 4) is 11.6 Å². The van der Waals surface area contributed by atoms with Crippen molar-refractivity contribution in [3.05, 3.63) is 48.2 Å². The number of ether oxygens (including phenoxy) is 1. The van der Waals surface area contributed by atoms with E-state index in [-0.39, 0.29) is 18.7 Å². The van der Waals surface area contributed by atoms with Gasteiger partial charge >= 0.3 is 6.03 Å². The second-order valence-electron chi connectivity index (χ2n) is 6.09. The van der Waals surface area contributed by atoms with Gasteiger partial charge in [-0.15, -0.1) is 0 Å². The average Bonchev–Trinajstić information content (AvgIpc) is 3.12. The number of aryl methyl sites for hydroxylation is 1. The summed E-state index contributed by atoms with van der Waals surface area (Å²) in [6.07, 6.45) is 4.27. The number of hydrogen-bond acceptors (Lipinski definition) is 4. The van der Waals surface area contributed by atoms with Gasteiger partial charge in [-0.05, 0) is 43.0 Å². The maximum Gasteiger partial charge on any atom is 0.322 e. The standard InChI is InChI=1S/C19H23N3O3/c1-2-14-5-3-7-17(11-14)25-18-9-8-15(12-20-18)21-19(24)22-10-4-6-16(22)13-23/h3,5,7-9,11-12,16,23H,2,4,6,10,13H2,1H3,(H,21,24)/t16-/m1/s1. The lowest BCUT2D eigenvalue weighted by molar-refractivity contribution is 0.166. The number of carbonyl (C=O) groups is 1. The number of nitrogens with one attached hydrogen (secondary N) is 1. The molecule has 1 atom stereocenters. The first-order chi connectivity index (χ1) is 12.2. The number of carbonyl (C=O) groups excluding carboxylic acids is 1. The quantitative estimate of drug-likeness (QED) is 0.874. The van der Waals surface area contributed by atoms with Gasteiger partial charge < -0.3 is 20.1 Å². The Labute approximate surface area is 147 Å². The molecule has 6 nitrogen and oxygen atoms in total. The molecule has 1 aromatic heterocycles. The molecule has 3 rings (SSSR count). The fourth-order valence-electron chi connectivity index (χ4n) is 2.95. The molecule has 132 valence electrons. The van der Waals surface area contributed by atoms with Crippen molar-refractivity contribution in [3.63, 3.8) is 0 Å². The summed E-state index contributed by atoms with van der Waals surface area (Å²) in [5, 5.41) is 12.1. The normalized spacial score (nSPS) is 16.7. The minimum atomic E-state index is -0.206. The summed E-state index contributed by atoms with van der Waals surface area (Å²) in [5.41, 5.74) is 1.80. The van der Waals surface area contributed by atoms with E-state index in [2.05, 4.69) is 23.3 Å². The second-order valence-corrected chi connectivity index (χ2v) is 6.09. The zero-order valence-corrected chi connectivity index (χ0v) is 14.3. The summed E-state index contributed by atoms with van der Waals surface area (Å²) >= 11 is 0. The first-order valence-corrected chi connectivity index (χ1v) is 8.61. The topological polar surface area (TPSA) is 74.7 Å². The van der Waals surface area contributed by atoms with Crippen LogP contribution in [0.2, 0.25) is 0 Å². The van der Waals surface area contributed by atoms with Gasteiger partial charge in [-0.25, -0.2) is 9.78 Å². The van der Waals surface area contributed by atoms with Crippen molar-refractivity contribution in [1.82, 2.24) is 9.88 Å². The van der Waals surface area contributed by atoms with Crippen molar-refractivity contribution in [2.75, 3.05) is 18.5 Å². The minimum Gasteiger partial charge on any atom is -0.439 e. The third kappa shape index (κ3) is 4.28. The summed E-state index contributed by atoms with van der Waals surface area (Å²) in [6.45, 7) is 2.76. The van der Waals surface area contributed by atoms with Crippen LogP contribution < -0.4 is 10.1 Å². The van der Waals surface area contributed by atoms with Crippen molar-refractivity contribution in [1.29, 1.82) is 0 Å². The summed E-state index contributed by atoms with van der Waals surface area (Å²) in [6, 6.07) is 11.1. The monoisotopic (exact) mass is 341 g/mol. The fraction of sp³-hybridized carbons (Fsp3) is 0.368. The van der Waals surface area contributed by atoms with Gasteiger partial charge in [0, 0.05) is 12.6 Å². The van der Waals surface area contributed by atoms with Crippen LogP contribution in [-0.2, 0) is 6.42 Å². The lowest BCUT2D eigenvalue weighted by Gasteiger charge is -2.23. The first-order valence-electron chi connectivity index (χ1n) is 8.61. The number of pyridine rings is 1. The van der Waals surface area contributed by atoms with E-state index in [1.807, 2.05) is 18.2 Å². The van der Waals surface area contributed by atoms with E-state index in [1.54, 1.807) is 23.2 Å². The van der Waals surface area contributed by atoms with Crippen LogP contribution in [0.25, 0.3) is 0 Å². The lowest BCUT2D eigenvalue weighted by atomic mass is 10.2. The Morgan fingerprint density at radius 3 is 3.00 bits per heavy atom. The van der Waals surface area contributed by atoms with E-state index >= 15 is 0 Å². The van der Waals surface area contributed by atoms with Crippen LogP contribution in [0.15, 0.2) is 42.6 Å². The lowest BCUT2D eigenvalue weighted by Crippen LogP contribution is -2.40. The minimum absolute atomic E-state index is 0.00469. The summed E-state index contributed by atoms with van der Waals surface area (Å²) in [7, 11) is 0. The van der Waals surface area contributed by atoms with Crippen molar-refractivity contribution < 1.29 is 14.6 Å². The summed E-state index contributed by atoms with van der Waals surface area (Å²) < 4.78 is 5.75. The van der Waals surface area contributed by atoms with Gasteiger partial charge in [-0.3, -0.25) is 0 Å². The van der Waals surface area contributed by atoms with Crippen molar-refractivity contribution in [2.45, 2.75) is 32.2 Å². The van der Waals surface area contributed by atoms with Gasteiger partial charge in [0.1, 0.15) is 5.75 Å². The van der Waals surface area contributed by atoms with Crippen molar-refractivity contribution >= 4 is 11.7 Å². The Hall–Kier alpha value is -2.60. The molecule has 1 aromatic carbocycles. The first kappa shape index (κ1) is 17.2. The molecule has 0 radical (unpaired) electrons. The maximum atomic E-state index is 12.3. The molecular formula is C19H23N3O3. The predicted octanol–water partition coefficient (Wildman–Crippen LogP) is 3.42. The van der Waals surface area contributed by atoms with Gasteiger partial charge in [0.2, 0.25) is 5.88 Å². The Morgan fingerprint density at radius 2 is 2.28 bits per heavy atom. The van der Waals surface area contributed by atoms with Crippen LogP contribution >= 0.6 is 0 Å². The van der Waals surface area contributed by atoms with Gasteiger partial charge in [0.25, 0.3) is 0 Å². The fourth-order valence-corrected chi connectivity index (χ4v) is 2.95. The molecule has 0 spiro atoms. The van der Waals surface area contributed by atoms with E-state index in [0.717, 1.165) is 25.0 Å². The van der Waals surface area contributed by atoms with E-state index in [9.17, 15) is 9.90 Å². The Bertz CT molecular complexity index is 718. The molecule has 0 unspecified atom stereocenters. The second kappa shape index (κ2) is 7.98. The molecule has 1 saturated heterocycles. The Balaban J connectivity index is 1.61. The number of amides is 2. The number of urea groups is 1. The number of benzene rings is 1. The van der Waals surface area contributed by atoms with E-state index in [0.29, 0.717) is 18.1 Å². The molecule has 0 aliphatic carbocycles. The van der Waals surface area contributed by atoms with Crippen LogP contribution in [0.3, 0.4) is 0 Å². The number of rotatable bonds is 5. The Morgan fingerprint density at radius 1 is 1.40 bits per heavy atom. The van der Waals surface area contributed by atoms with Crippen LogP contribution in [0.4, 0.5) is 10.5 Å².